The van der Waals surface area contributed by atoms with Gasteiger partial charge in [0.1, 0.15) is 5.69 Å². The maximum atomic E-state index is 12.7. The minimum absolute atomic E-state index is 0.179. The van der Waals surface area contributed by atoms with E-state index in [2.05, 4.69) is 5.32 Å². The zero-order valence-corrected chi connectivity index (χ0v) is 11.7. The van der Waals surface area contributed by atoms with Crippen molar-refractivity contribution in [1.82, 2.24) is 5.32 Å². The number of nitro groups is 1. The van der Waals surface area contributed by atoms with E-state index in [1.165, 1.54) is 14.1 Å². The molecule has 10 heteroatoms. The summed E-state index contributed by atoms with van der Waals surface area (Å²) in [5.74, 6) is -0.456. The summed E-state index contributed by atoms with van der Waals surface area (Å²) in [4.78, 5) is 22.4. The number of carbonyl (C=O) groups excluding carboxylic acids is 1. The van der Waals surface area contributed by atoms with Crippen LogP contribution in [0.5, 0.6) is 0 Å². The molecular weight excluding hydrogens is 315 g/mol. The molecule has 0 aliphatic rings. The first-order valence-corrected chi connectivity index (χ1v) is 5.92. The lowest BCUT2D eigenvalue weighted by Crippen LogP contribution is -2.33. The van der Waals surface area contributed by atoms with Gasteiger partial charge in [-0.05, 0) is 6.07 Å². The number of benzene rings is 1. The van der Waals surface area contributed by atoms with Gasteiger partial charge in [0, 0.05) is 20.2 Å². The first-order chi connectivity index (χ1) is 9.57. The number of anilines is 1. The third-order valence-corrected chi connectivity index (χ3v) is 2.95. The Labute approximate surface area is 122 Å². The summed E-state index contributed by atoms with van der Waals surface area (Å²) in [6, 6.07) is 1.18. The predicted octanol–water partition coefficient (Wildman–Crippen LogP) is 2.45. The van der Waals surface area contributed by atoms with Crippen LogP contribution in [0.1, 0.15) is 5.56 Å². The van der Waals surface area contributed by atoms with Crippen LogP contribution in [0.2, 0.25) is 5.02 Å². The number of hydrogen-bond donors (Lipinski definition) is 1. The molecule has 0 fully saturated rings. The standard InChI is InChI=1S/C11H11ClF3N3O3/c1-16-10(19)5-17(2)8-4-7(12)6(11(13,14)15)3-9(8)18(20)21/h3-4H,5H2,1-2H3,(H,16,19). The average molecular weight is 326 g/mol. The van der Waals surface area contributed by atoms with E-state index in [1.807, 2.05) is 0 Å². The first kappa shape index (κ1) is 17.0. The Kier molecular flexibility index (Phi) is 5.00. The van der Waals surface area contributed by atoms with Crippen LogP contribution in [0, 0.1) is 10.1 Å². The quantitative estimate of drug-likeness (QED) is 0.681. The van der Waals surface area contributed by atoms with Crippen molar-refractivity contribution in [2.75, 3.05) is 25.5 Å². The Morgan fingerprint density at radius 1 is 1.48 bits per heavy atom. The molecule has 6 nitrogen and oxygen atoms in total. The fourth-order valence-electron chi connectivity index (χ4n) is 1.60. The summed E-state index contributed by atoms with van der Waals surface area (Å²) in [5, 5.41) is 12.6. The molecule has 0 bridgehead atoms. The van der Waals surface area contributed by atoms with Gasteiger partial charge >= 0.3 is 6.18 Å². The van der Waals surface area contributed by atoms with Gasteiger partial charge in [-0.25, -0.2) is 0 Å². The molecule has 0 saturated heterocycles. The van der Waals surface area contributed by atoms with Gasteiger partial charge in [-0.3, -0.25) is 14.9 Å². The van der Waals surface area contributed by atoms with Crippen molar-refractivity contribution >= 4 is 28.9 Å². The van der Waals surface area contributed by atoms with Gasteiger partial charge in [-0.1, -0.05) is 11.6 Å². The van der Waals surface area contributed by atoms with E-state index in [-0.39, 0.29) is 12.2 Å². The summed E-state index contributed by atoms with van der Waals surface area (Å²) in [6.07, 6.45) is -4.81. The molecule has 0 aromatic heterocycles. The average Bonchev–Trinajstić information content (AvgIpc) is 2.36. The molecule has 0 unspecified atom stereocenters. The van der Waals surface area contributed by atoms with E-state index in [4.69, 9.17) is 11.6 Å². The lowest BCUT2D eigenvalue weighted by Gasteiger charge is -2.19. The molecule has 0 aliphatic carbocycles. The number of carbonyl (C=O) groups is 1. The van der Waals surface area contributed by atoms with Crippen molar-refractivity contribution in [2.24, 2.45) is 0 Å². The van der Waals surface area contributed by atoms with Crippen molar-refractivity contribution in [3.63, 3.8) is 0 Å². The van der Waals surface area contributed by atoms with Crippen molar-refractivity contribution in [3.8, 4) is 0 Å². The third-order valence-electron chi connectivity index (χ3n) is 2.64. The monoisotopic (exact) mass is 325 g/mol. The number of nitrogens with zero attached hydrogens (tertiary/aromatic N) is 2. The van der Waals surface area contributed by atoms with E-state index in [0.29, 0.717) is 6.07 Å². The van der Waals surface area contributed by atoms with Gasteiger partial charge < -0.3 is 10.2 Å². The highest BCUT2D eigenvalue weighted by Gasteiger charge is 2.36. The summed E-state index contributed by atoms with van der Waals surface area (Å²) in [5.41, 5.74) is -2.26. The largest absolute Gasteiger partial charge is 0.418 e. The molecule has 1 N–H and O–H groups in total. The van der Waals surface area contributed by atoms with Crippen LogP contribution in [0.15, 0.2) is 12.1 Å². The third kappa shape index (κ3) is 3.97. The Hall–Kier alpha value is -2.03. The number of nitro benzene ring substituents is 1. The number of alkyl halides is 3. The number of nitrogens with one attached hydrogen (secondary N) is 1. The number of hydrogen-bond acceptors (Lipinski definition) is 4. The van der Waals surface area contributed by atoms with Gasteiger partial charge in [-0.2, -0.15) is 13.2 Å². The number of likely N-dealkylation sites (N-methyl/N-ethyl adjacent to an activating group) is 2. The molecule has 116 valence electrons. The molecule has 21 heavy (non-hydrogen) atoms. The van der Waals surface area contributed by atoms with Crippen LogP contribution in [0.4, 0.5) is 24.5 Å². The van der Waals surface area contributed by atoms with Crippen LogP contribution in [0.25, 0.3) is 0 Å². The van der Waals surface area contributed by atoms with Gasteiger partial charge in [0.25, 0.3) is 5.69 Å². The zero-order valence-electron chi connectivity index (χ0n) is 11.0. The minimum atomic E-state index is -4.81. The summed E-state index contributed by atoms with van der Waals surface area (Å²) in [7, 11) is 2.70. The Morgan fingerprint density at radius 2 is 2.05 bits per heavy atom. The van der Waals surface area contributed by atoms with Crippen molar-refractivity contribution < 1.29 is 22.9 Å². The smallest absolute Gasteiger partial charge is 0.360 e. The maximum absolute atomic E-state index is 12.7. The van der Waals surface area contributed by atoms with Crippen LogP contribution < -0.4 is 10.2 Å². The highest BCUT2D eigenvalue weighted by molar-refractivity contribution is 6.31. The molecule has 0 heterocycles. The second kappa shape index (κ2) is 6.17. The molecule has 0 aliphatic heterocycles. The highest BCUT2D eigenvalue weighted by Crippen LogP contribution is 2.41. The lowest BCUT2D eigenvalue weighted by atomic mass is 10.1. The molecule has 1 amide bonds. The molecule has 0 spiro atoms. The molecule has 0 atom stereocenters. The van der Waals surface area contributed by atoms with E-state index in [9.17, 15) is 28.1 Å². The normalized spacial score (nSPS) is 11.1. The fourth-order valence-corrected chi connectivity index (χ4v) is 1.87. The van der Waals surface area contributed by atoms with Crippen LogP contribution in [-0.2, 0) is 11.0 Å². The highest BCUT2D eigenvalue weighted by atomic mass is 35.5. The SMILES string of the molecule is CNC(=O)CN(C)c1cc(Cl)c(C(F)(F)F)cc1[N+](=O)[O-]. The van der Waals surface area contributed by atoms with Crippen LogP contribution in [0.3, 0.4) is 0 Å². The lowest BCUT2D eigenvalue weighted by molar-refractivity contribution is -0.384. The Morgan fingerprint density at radius 3 is 2.48 bits per heavy atom. The Bertz CT molecular complexity index is 578. The predicted molar refractivity (Wildman–Crippen MR) is 70.4 cm³/mol. The van der Waals surface area contributed by atoms with E-state index in [0.717, 1.165) is 11.0 Å². The number of amides is 1. The minimum Gasteiger partial charge on any atom is -0.360 e. The summed E-state index contributed by atoms with van der Waals surface area (Å²) < 4.78 is 38.1. The van der Waals surface area contributed by atoms with Gasteiger partial charge in [-0.15, -0.1) is 0 Å². The zero-order chi connectivity index (χ0) is 16.4. The van der Waals surface area contributed by atoms with Gasteiger partial charge in [0.05, 0.1) is 22.1 Å². The first-order valence-electron chi connectivity index (χ1n) is 5.54. The molecule has 1 rings (SSSR count). The summed E-state index contributed by atoms with van der Waals surface area (Å²) >= 11 is 5.54. The van der Waals surface area contributed by atoms with Gasteiger partial charge in [0.2, 0.25) is 5.91 Å². The molecule has 1 aromatic rings. The second-order valence-electron chi connectivity index (χ2n) is 4.10. The molecule has 0 radical (unpaired) electrons. The second-order valence-corrected chi connectivity index (χ2v) is 4.51. The van der Waals surface area contributed by atoms with Gasteiger partial charge in [0.15, 0.2) is 0 Å². The van der Waals surface area contributed by atoms with Crippen molar-refractivity contribution in [3.05, 3.63) is 32.8 Å². The molecule has 0 saturated carbocycles. The Balaban J connectivity index is 3.36. The van der Waals surface area contributed by atoms with E-state index >= 15 is 0 Å². The van der Waals surface area contributed by atoms with Crippen LogP contribution in [-0.4, -0.2) is 31.5 Å². The summed E-state index contributed by atoms with van der Waals surface area (Å²) in [6.45, 7) is -0.265. The van der Waals surface area contributed by atoms with Crippen molar-refractivity contribution in [2.45, 2.75) is 6.18 Å². The number of rotatable bonds is 4. The fraction of sp³-hybridized carbons (Fsp3) is 0.364. The van der Waals surface area contributed by atoms with Crippen LogP contribution >= 0.6 is 11.6 Å². The molecular formula is C11H11ClF3N3O3. The molecule has 1 aromatic carbocycles. The van der Waals surface area contributed by atoms with E-state index < -0.39 is 33.3 Å². The maximum Gasteiger partial charge on any atom is 0.418 e. The van der Waals surface area contributed by atoms with Crippen molar-refractivity contribution in [1.29, 1.82) is 0 Å². The topological polar surface area (TPSA) is 75.5 Å². The number of halogens is 4. The van der Waals surface area contributed by atoms with E-state index in [1.54, 1.807) is 0 Å².